The molecule has 2 N–H and O–H groups in total. The second-order valence-electron chi connectivity index (χ2n) is 7.28. The zero-order chi connectivity index (χ0) is 21.1. The van der Waals surface area contributed by atoms with E-state index >= 15 is 0 Å². The molecule has 2 aliphatic heterocycles. The molecular formula is C20H19N3O5S. The SMILES string of the molecule is C[C@@H]1C[C@@H](C(N)=O)c2ccccc2N1S(=O)(=O)c1ccc2c(c1)C(=O)N(C)C2=O. The van der Waals surface area contributed by atoms with Crippen LogP contribution < -0.4 is 10.0 Å². The largest absolute Gasteiger partial charge is 0.369 e. The Morgan fingerprint density at radius 1 is 1.07 bits per heavy atom. The molecule has 0 radical (unpaired) electrons. The molecule has 4 rings (SSSR count). The van der Waals surface area contributed by atoms with E-state index in [2.05, 4.69) is 0 Å². The summed E-state index contributed by atoms with van der Waals surface area (Å²) in [4.78, 5) is 37.1. The molecule has 8 nitrogen and oxygen atoms in total. The van der Waals surface area contributed by atoms with Crippen LogP contribution in [0.25, 0.3) is 0 Å². The Bertz CT molecular complexity index is 1170. The molecule has 2 aliphatic rings. The zero-order valence-corrected chi connectivity index (χ0v) is 16.6. The number of sulfonamides is 1. The van der Waals surface area contributed by atoms with Gasteiger partial charge in [-0.1, -0.05) is 18.2 Å². The topological polar surface area (TPSA) is 118 Å². The highest BCUT2D eigenvalue weighted by Crippen LogP contribution is 2.41. The molecule has 0 aliphatic carbocycles. The number of anilines is 1. The first kappa shape index (κ1) is 19.1. The van der Waals surface area contributed by atoms with E-state index < -0.39 is 39.7 Å². The van der Waals surface area contributed by atoms with Crippen LogP contribution in [0.1, 0.15) is 45.5 Å². The van der Waals surface area contributed by atoms with Crippen LogP contribution in [0.4, 0.5) is 5.69 Å². The maximum absolute atomic E-state index is 13.5. The first-order chi connectivity index (χ1) is 13.6. The van der Waals surface area contributed by atoms with Crippen molar-refractivity contribution in [2.75, 3.05) is 11.4 Å². The molecule has 0 fully saturated rings. The number of imide groups is 1. The lowest BCUT2D eigenvalue weighted by Gasteiger charge is -2.38. The summed E-state index contributed by atoms with van der Waals surface area (Å²) < 4.78 is 28.3. The fourth-order valence-electron chi connectivity index (χ4n) is 4.03. The first-order valence-electron chi connectivity index (χ1n) is 9.03. The van der Waals surface area contributed by atoms with Crippen molar-refractivity contribution in [1.29, 1.82) is 0 Å². The van der Waals surface area contributed by atoms with Crippen LogP contribution in [0.5, 0.6) is 0 Å². The molecule has 0 saturated carbocycles. The van der Waals surface area contributed by atoms with Crippen LogP contribution >= 0.6 is 0 Å². The molecular weight excluding hydrogens is 394 g/mol. The predicted octanol–water partition coefficient (Wildman–Crippen LogP) is 1.47. The summed E-state index contributed by atoms with van der Waals surface area (Å²) in [5.74, 6) is -2.09. The molecule has 29 heavy (non-hydrogen) atoms. The molecule has 0 aromatic heterocycles. The van der Waals surface area contributed by atoms with Crippen molar-refractivity contribution in [3.05, 3.63) is 59.2 Å². The highest BCUT2D eigenvalue weighted by atomic mass is 32.2. The van der Waals surface area contributed by atoms with Crippen molar-refractivity contribution in [3.63, 3.8) is 0 Å². The van der Waals surface area contributed by atoms with Gasteiger partial charge in [0.15, 0.2) is 0 Å². The standard InChI is InChI=1S/C20H19N3O5S/c1-11-9-15(18(21)24)13-5-3-4-6-17(13)23(11)29(27,28)12-7-8-14-16(10-12)20(26)22(2)19(14)25/h3-8,10-11,15H,9H2,1-2H3,(H2,21,24)/t11-,15-/m1/s1. The minimum absolute atomic E-state index is 0.0616. The lowest BCUT2D eigenvalue weighted by Crippen LogP contribution is -2.45. The Hall–Kier alpha value is -3.20. The van der Waals surface area contributed by atoms with E-state index in [4.69, 9.17) is 5.73 Å². The number of carbonyl (C=O) groups is 3. The zero-order valence-electron chi connectivity index (χ0n) is 15.8. The van der Waals surface area contributed by atoms with Crippen molar-refractivity contribution in [3.8, 4) is 0 Å². The number of hydrogen-bond donors (Lipinski definition) is 1. The van der Waals surface area contributed by atoms with Gasteiger partial charge in [0.1, 0.15) is 0 Å². The van der Waals surface area contributed by atoms with Gasteiger partial charge >= 0.3 is 0 Å². The van der Waals surface area contributed by atoms with Gasteiger partial charge in [-0.05, 0) is 43.2 Å². The summed E-state index contributed by atoms with van der Waals surface area (Å²) in [7, 11) is -2.70. The number of carbonyl (C=O) groups excluding carboxylic acids is 3. The minimum Gasteiger partial charge on any atom is -0.369 e. The van der Waals surface area contributed by atoms with Gasteiger partial charge in [0.25, 0.3) is 21.8 Å². The van der Waals surface area contributed by atoms with Gasteiger partial charge in [0, 0.05) is 13.1 Å². The lowest BCUT2D eigenvalue weighted by atomic mass is 9.87. The summed E-state index contributed by atoms with van der Waals surface area (Å²) >= 11 is 0. The van der Waals surface area contributed by atoms with E-state index in [1.807, 2.05) is 0 Å². The van der Waals surface area contributed by atoms with Crippen molar-refractivity contribution in [2.45, 2.75) is 30.2 Å². The van der Waals surface area contributed by atoms with E-state index in [-0.39, 0.29) is 22.4 Å². The first-order valence-corrected chi connectivity index (χ1v) is 10.5. The summed E-state index contributed by atoms with van der Waals surface area (Å²) in [6, 6.07) is 10.1. The van der Waals surface area contributed by atoms with Crippen LogP contribution in [-0.4, -0.2) is 44.1 Å². The molecule has 0 saturated heterocycles. The monoisotopic (exact) mass is 413 g/mol. The van der Waals surface area contributed by atoms with Gasteiger partial charge in [-0.3, -0.25) is 23.6 Å². The fourth-order valence-corrected chi connectivity index (χ4v) is 5.75. The number of para-hydroxylation sites is 1. The number of benzene rings is 2. The molecule has 150 valence electrons. The summed E-state index contributed by atoms with van der Waals surface area (Å²) in [5, 5.41) is 0. The van der Waals surface area contributed by atoms with E-state index in [1.165, 1.54) is 29.6 Å². The number of nitrogens with two attached hydrogens (primary N) is 1. The molecule has 0 bridgehead atoms. The van der Waals surface area contributed by atoms with Crippen LogP contribution in [-0.2, 0) is 14.8 Å². The smallest absolute Gasteiger partial charge is 0.264 e. The summed E-state index contributed by atoms with van der Waals surface area (Å²) in [6.07, 6.45) is 0.247. The second kappa shape index (κ2) is 6.41. The fraction of sp³-hybridized carbons (Fsp3) is 0.250. The summed E-state index contributed by atoms with van der Waals surface area (Å²) in [5.41, 5.74) is 6.71. The average Bonchev–Trinajstić information content (AvgIpc) is 2.90. The normalized spacial score (nSPS) is 21.2. The Labute approximate surface area is 168 Å². The third kappa shape index (κ3) is 2.72. The Balaban J connectivity index is 1.85. The Kier molecular flexibility index (Phi) is 4.23. The van der Waals surface area contributed by atoms with Gasteiger partial charge in [-0.25, -0.2) is 8.42 Å². The van der Waals surface area contributed by atoms with E-state index in [0.29, 0.717) is 11.3 Å². The lowest BCUT2D eigenvalue weighted by molar-refractivity contribution is -0.119. The quantitative estimate of drug-likeness (QED) is 0.765. The molecule has 0 unspecified atom stereocenters. The van der Waals surface area contributed by atoms with Gasteiger partial charge in [-0.2, -0.15) is 0 Å². The number of nitrogens with zero attached hydrogens (tertiary/aromatic N) is 2. The van der Waals surface area contributed by atoms with Crippen LogP contribution in [0.2, 0.25) is 0 Å². The van der Waals surface area contributed by atoms with Crippen molar-refractivity contribution < 1.29 is 22.8 Å². The van der Waals surface area contributed by atoms with Crippen LogP contribution in [0, 0.1) is 0 Å². The minimum atomic E-state index is -4.05. The Morgan fingerprint density at radius 3 is 2.41 bits per heavy atom. The van der Waals surface area contributed by atoms with Gasteiger partial charge in [0.05, 0.1) is 27.6 Å². The highest BCUT2D eigenvalue weighted by molar-refractivity contribution is 7.92. The van der Waals surface area contributed by atoms with Gasteiger partial charge in [-0.15, -0.1) is 0 Å². The molecule has 0 spiro atoms. The third-order valence-electron chi connectivity index (χ3n) is 5.49. The molecule has 2 aromatic rings. The number of primary amides is 1. The number of rotatable bonds is 3. The maximum Gasteiger partial charge on any atom is 0.264 e. The Morgan fingerprint density at radius 2 is 1.72 bits per heavy atom. The van der Waals surface area contributed by atoms with Crippen molar-refractivity contribution in [1.82, 2.24) is 4.90 Å². The van der Waals surface area contributed by atoms with Crippen LogP contribution in [0.3, 0.4) is 0 Å². The molecule has 2 atom stereocenters. The van der Waals surface area contributed by atoms with Crippen molar-refractivity contribution >= 4 is 33.4 Å². The third-order valence-corrected chi connectivity index (χ3v) is 7.41. The number of amides is 3. The van der Waals surface area contributed by atoms with E-state index in [9.17, 15) is 22.8 Å². The number of hydrogen-bond acceptors (Lipinski definition) is 5. The molecule has 2 heterocycles. The molecule has 3 amide bonds. The maximum atomic E-state index is 13.5. The molecule has 2 aromatic carbocycles. The molecule has 9 heteroatoms. The van der Waals surface area contributed by atoms with Gasteiger partial charge < -0.3 is 5.73 Å². The summed E-state index contributed by atoms with van der Waals surface area (Å²) in [6.45, 7) is 1.71. The average molecular weight is 413 g/mol. The number of fused-ring (bicyclic) bond motifs is 2. The predicted molar refractivity (Wildman–Crippen MR) is 105 cm³/mol. The second-order valence-corrected chi connectivity index (χ2v) is 9.09. The van der Waals surface area contributed by atoms with Gasteiger partial charge in [0.2, 0.25) is 5.91 Å². The van der Waals surface area contributed by atoms with Crippen LogP contribution in [0.15, 0.2) is 47.4 Å². The van der Waals surface area contributed by atoms with E-state index in [1.54, 1.807) is 31.2 Å². The highest BCUT2D eigenvalue weighted by Gasteiger charge is 2.41. The van der Waals surface area contributed by atoms with Crippen molar-refractivity contribution in [2.24, 2.45) is 5.73 Å². The van der Waals surface area contributed by atoms with E-state index in [0.717, 1.165) is 4.90 Å².